The third-order valence-electron chi connectivity index (χ3n) is 7.37. The Morgan fingerprint density at radius 2 is 0.588 bits per heavy atom. The quantitative estimate of drug-likeness (QED) is 0.451. The van der Waals surface area contributed by atoms with Gasteiger partial charge in [0.05, 0.1) is 18.3 Å². The van der Waals surface area contributed by atoms with Gasteiger partial charge in [-0.05, 0) is 122 Å². The maximum Gasteiger partial charge on any atom is 0.272 e. The predicted molar refractivity (Wildman–Crippen MR) is 140 cm³/mol. The molecule has 0 atom stereocenters. The van der Waals surface area contributed by atoms with Crippen LogP contribution in [0.4, 0.5) is 0 Å². The van der Waals surface area contributed by atoms with Crippen molar-refractivity contribution < 1.29 is 14.2 Å². The van der Waals surface area contributed by atoms with Gasteiger partial charge in [-0.2, -0.15) is 0 Å². The van der Waals surface area contributed by atoms with Crippen LogP contribution in [-0.2, 0) is 14.2 Å². The number of nitrogens with one attached hydrogen (secondary N) is 3. The second kappa shape index (κ2) is 9.25. The maximum atomic E-state index is 6.72. The molecule has 200 valence electrons. The Balaban J connectivity index is 1.78. The molecule has 3 aliphatic rings. The minimum Gasteiger partial charge on any atom is -0.326 e. The van der Waals surface area contributed by atoms with Crippen molar-refractivity contribution in [3.8, 4) is 0 Å². The van der Waals surface area contributed by atoms with Crippen LogP contribution < -0.4 is 16.0 Å². The molecule has 0 aromatic heterocycles. The van der Waals surface area contributed by atoms with Crippen LogP contribution in [0.1, 0.15) is 122 Å². The van der Waals surface area contributed by atoms with E-state index in [9.17, 15) is 0 Å². The van der Waals surface area contributed by atoms with Gasteiger partial charge in [0.25, 0.3) is 6.48 Å². The Kier molecular flexibility index (Phi) is 7.71. The lowest BCUT2D eigenvalue weighted by Gasteiger charge is -2.50. The molecule has 0 aliphatic carbocycles. The van der Waals surface area contributed by atoms with E-state index in [0.717, 1.165) is 38.5 Å². The molecule has 0 saturated carbocycles. The molecule has 3 fully saturated rings. The topological polar surface area (TPSA) is 63.8 Å². The number of ether oxygens (including phenoxy) is 3. The molecule has 0 amide bonds. The Bertz CT molecular complexity index is 571. The normalized spacial score (nSPS) is 31.0. The minimum absolute atomic E-state index is 0.00838. The Hall–Kier alpha value is -0.240. The molecule has 0 spiro atoms. The fourth-order valence-corrected chi connectivity index (χ4v) is 7.54. The standard InChI is InChI=1S/C28H55N3O3/c1-23(2)13-19(14-24(3,4)29-23)32-22(33-20-15-25(5,6)30-26(7,8)16-20)34-21-17-27(9,10)31-28(11,12)18-21/h19-22,29-31H,13-18H2,1-12H3. The van der Waals surface area contributed by atoms with E-state index in [1.807, 2.05) is 0 Å². The molecular formula is C28H55N3O3. The van der Waals surface area contributed by atoms with Gasteiger partial charge in [0.1, 0.15) is 0 Å². The predicted octanol–water partition coefficient (Wildman–Crippen LogP) is 5.25. The third-order valence-corrected chi connectivity index (χ3v) is 7.37. The summed E-state index contributed by atoms with van der Waals surface area (Å²) in [6.07, 6.45) is 5.87. The molecule has 0 radical (unpaired) electrons. The summed E-state index contributed by atoms with van der Waals surface area (Å²) in [4.78, 5) is 0. The molecule has 3 aliphatic heterocycles. The van der Waals surface area contributed by atoms with E-state index in [1.54, 1.807) is 0 Å². The smallest absolute Gasteiger partial charge is 0.272 e. The van der Waals surface area contributed by atoms with E-state index in [4.69, 9.17) is 14.2 Å². The lowest BCUT2D eigenvalue weighted by molar-refractivity contribution is -0.346. The van der Waals surface area contributed by atoms with Gasteiger partial charge >= 0.3 is 0 Å². The second-order valence-electron chi connectivity index (χ2n) is 15.5. The van der Waals surface area contributed by atoms with Gasteiger partial charge in [0.2, 0.25) is 0 Å². The highest BCUT2D eigenvalue weighted by atomic mass is 16.9. The van der Waals surface area contributed by atoms with Crippen LogP contribution in [0.5, 0.6) is 0 Å². The number of hydrogen-bond donors (Lipinski definition) is 3. The molecule has 3 saturated heterocycles. The van der Waals surface area contributed by atoms with Gasteiger partial charge < -0.3 is 30.2 Å². The van der Waals surface area contributed by atoms with Crippen LogP contribution in [0.2, 0.25) is 0 Å². The first-order valence-corrected chi connectivity index (χ1v) is 13.5. The zero-order valence-electron chi connectivity index (χ0n) is 24.3. The van der Waals surface area contributed by atoms with Crippen molar-refractivity contribution in [1.29, 1.82) is 0 Å². The molecule has 0 bridgehead atoms. The van der Waals surface area contributed by atoms with Gasteiger partial charge in [-0.25, -0.2) is 0 Å². The average Bonchev–Trinajstić information content (AvgIpc) is 2.44. The number of hydrogen-bond acceptors (Lipinski definition) is 6. The summed E-state index contributed by atoms with van der Waals surface area (Å²) >= 11 is 0. The summed E-state index contributed by atoms with van der Waals surface area (Å²) < 4.78 is 20.1. The van der Waals surface area contributed by atoms with Crippen LogP contribution in [0, 0.1) is 0 Å². The Labute approximate surface area is 210 Å². The van der Waals surface area contributed by atoms with Crippen molar-refractivity contribution in [3.63, 3.8) is 0 Å². The lowest BCUT2D eigenvalue weighted by atomic mass is 9.80. The largest absolute Gasteiger partial charge is 0.326 e. The van der Waals surface area contributed by atoms with Crippen molar-refractivity contribution in [1.82, 2.24) is 16.0 Å². The zero-order chi connectivity index (χ0) is 25.8. The highest BCUT2D eigenvalue weighted by Crippen LogP contribution is 2.36. The van der Waals surface area contributed by atoms with E-state index in [0.29, 0.717) is 0 Å². The van der Waals surface area contributed by atoms with E-state index < -0.39 is 6.48 Å². The van der Waals surface area contributed by atoms with Gasteiger partial charge in [0, 0.05) is 33.2 Å². The number of rotatable bonds is 6. The van der Waals surface area contributed by atoms with Crippen LogP contribution >= 0.6 is 0 Å². The fourth-order valence-electron chi connectivity index (χ4n) is 7.54. The molecule has 34 heavy (non-hydrogen) atoms. The molecule has 6 heteroatoms. The summed E-state index contributed by atoms with van der Waals surface area (Å²) in [6.45, 7) is 26.5. The van der Waals surface area contributed by atoms with Crippen LogP contribution in [0.25, 0.3) is 0 Å². The van der Waals surface area contributed by atoms with Crippen LogP contribution in [-0.4, -0.2) is 58.0 Å². The van der Waals surface area contributed by atoms with Gasteiger partial charge in [-0.15, -0.1) is 0 Å². The van der Waals surface area contributed by atoms with E-state index in [2.05, 4.69) is 99.0 Å². The van der Waals surface area contributed by atoms with Crippen LogP contribution in [0.3, 0.4) is 0 Å². The summed E-state index contributed by atoms with van der Waals surface area (Å²) in [5.41, 5.74) is 0.0503. The molecule has 0 aromatic carbocycles. The average molecular weight is 482 g/mol. The van der Waals surface area contributed by atoms with Crippen LogP contribution in [0.15, 0.2) is 0 Å². The lowest BCUT2D eigenvalue weighted by Crippen LogP contribution is -2.62. The van der Waals surface area contributed by atoms with Crippen molar-refractivity contribution >= 4 is 0 Å². The zero-order valence-corrected chi connectivity index (χ0v) is 24.3. The monoisotopic (exact) mass is 481 g/mol. The highest BCUT2D eigenvalue weighted by Gasteiger charge is 2.44. The third kappa shape index (κ3) is 8.41. The van der Waals surface area contributed by atoms with Crippen molar-refractivity contribution in [2.24, 2.45) is 0 Å². The molecule has 3 N–H and O–H groups in total. The molecule has 3 rings (SSSR count). The van der Waals surface area contributed by atoms with Crippen molar-refractivity contribution in [3.05, 3.63) is 0 Å². The highest BCUT2D eigenvalue weighted by molar-refractivity contribution is 5.00. The maximum absolute atomic E-state index is 6.72. The second-order valence-corrected chi connectivity index (χ2v) is 15.5. The summed E-state index contributed by atoms with van der Waals surface area (Å²) in [7, 11) is 0. The van der Waals surface area contributed by atoms with Gasteiger partial charge in [0.15, 0.2) is 0 Å². The first-order valence-electron chi connectivity index (χ1n) is 13.5. The fraction of sp³-hybridized carbons (Fsp3) is 1.00. The summed E-state index contributed by atoms with van der Waals surface area (Å²) in [6, 6.07) is 0. The Morgan fingerprint density at radius 3 is 0.765 bits per heavy atom. The molecule has 0 aromatic rings. The van der Waals surface area contributed by atoms with E-state index in [-0.39, 0.29) is 51.5 Å². The van der Waals surface area contributed by atoms with E-state index >= 15 is 0 Å². The summed E-state index contributed by atoms with van der Waals surface area (Å²) in [5.74, 6) is 0. The number of piperidine rings is 3. The molecule has 6 nitrogen and oxygen atoms in total. The first kappa shape index (κ1) is 28.3. The van der Waals surface area contributed by atoms with Gasteiger partial charge in [-0.1, -0.05) is 0 Å². The van der Waals surface area contributed by atoms with Crippen molar-refractivity contribution in [2.75, 3.05) is 0 Å². The first-order chi connectivity index (χ1) is 15.1. The van der Waals surface area contributed by atoms with Crippen molar-refractivity contribution in [2.45, 2.75) is 180 Å². The Morgan fingerprint density at radius 1 is 0.412 bits per heavy atom. The SMILES string of the molecule is CC1(C)CC(OC(OC2CC(C)(C)NC(C)(C)C2)OC2CC(C)(C)NC(C)(C)C2)CC(C)(C)N1. The molecule has 0 unspecified atom stereocenters. The molecular weight excluding hydrogens is 426 g/mol. The van der Waals surface area contributed by atoms with Gasteiger partial charge in [-0.3, -0.25) is 0 Å². The van der Waals surface area contributed by atoms with E-state index in [1.165, 1.54) is 0 Å². The molecule has 3 heterocycles. The summed E-state index contributed by atoms with van der Waals surface area (Å²) in [5, 5.41) is 11.3. The minimum atomic E-state index is -0.654.